The van der Waals surface area contributed by atoms with Gasteiger partial charge in [0.2, 0.25) is 0 Å². The zero-order chi connectivity index (χ0) is 11.4. The molecule has 2 nitrogen and oxygen atoms in total. The highest BCUT2D eigenvalue weighted by molar-refractivity contribution is 5.72. The van der Waals surface area contributed by atoms with Crippen LogP contribution in [0.5, 0.6) is 0 Å². The molecule has 2 heteroatoms. The molecule has 0 aliphatic heterocycles. The van der Waals surface area contributed by atoms with Crippen LogP contribution in [0.1, 0.15) is 24.8 Å². The van der Waals surface area contributed by atoms with Gasteiger partial charge >= 0.3 is 5.97 Å². The lowest BCUT2D eigenvalue weighted by Crippen LogP contribution is -2.19. The molecule has 1 fully saturated rings. The molecule has 1 unspecified atom stereocenters. The van der Waals surface area contributed by atoms with Gasteiger partial charge in [0.25, 0.3) is 0 Å². The molecule has 1 aromatic carbocycles. The highest BCUT2D eigenvalue weighted by Gasteiger charge is 2.29. The average molecular weight is 218 g/mol. The SMILES string of the molecule is COC(=O)C(Cc1ccccc1)CC1CC1. The van der Waals surface area contributed by atoms with Crippen molar-refractivity contribution in [2.45, 2.75) is 25.7 Å². The van der Waals surface area contributed by atoms with Gasteiger partial charge in [-0.05, 0) is 24.3 Å². The fourth-order valence-corrected chi connectivity index (χ4v) is 2.08. The molecule has 1 atom stereocenters. The minimum absolute atomic E-state index is 0.0416. The molecule has 86 valence electrons. The summed E-state index contributed by atoms with van der Waals surface area (Å²) in [5.74, 6) is 0.739. The van der Waals surface area contributed by atoms with Crippen LogP contribution in [0.3, 0.4) is 0 Å². The van der Waals surface area contributed by atoms with E-state index in [2.05, 4.69) is 12.1 Å². The molecule has 2 rings (SSSR count). The number of carbonyl (C=O) groups is 1. The Morgan fingerprint density at radius 1 is 1.38 bits per heavy atom. The minimum Gasteiger partial charge on any atom is -0.469 e. The first-order chi connectivity index (χ1) is 7.79. The summed E-state index contributed by atoms with van der Waals surface area (Å²) in [5.41, 5.74) is 1.22. The zero-order valence-electron chi connectivity index (χ0n) is 9.69. The number of hydrogen-bond donors (Lipinski definition) is 0. The summed E-state index contributed by atoms with van der Waals surface area (Å²) in [7, 11) is 1.48. The second-order valence-corrected chi connectivity index (χ2v) is 4.59. The molecular formula is C14H18O2. The van der Waals surface area contributed by atoms with Gasteiger partial charge in [-0.15, -0.1) is 0 Å². The Labute approximate surface area is 96.6 Å². The normalized spacial score (nSPS) is 16.8. The van der Waals surface area contributed by atoms with Gasteiger partial charge in [0.15, 0.2) is 0 Å². The van der Waals surface area contributed by atoms with Gasteiger partial charge in [0.05, 0.1) is 13.0 Å². The van der Waals surface area contributed by atoms with Crippen molar-refractivity contribution in [2.75, 3.05) is 7.11 Å². The Kier molecular flexibility index (Phi) is 3.60. The third kappa shape index (κ3) is 3.09. The molecule has 0 saturated heterocycles. The fourth-order valence-electron chi connectivity index (χ4n) is 2.08. The third-order valence-corrected chi connectivity index (χ3v) is 3.17. The molecule has 0 bridgehead atoms. The van der Waals surface area contributed by atoms with Crippen LogP contribution in [-0.4, -0.2) is 13.1 Å². The summed E-state index contributed by atoms with van der Waals surface area (Å²) in [6.07, 6.45) is 4.36. The lowest BCUT2D eigenvalue weighted by atomic mass is 9.94. The standard InChI is InChI=1S/C14H18O2/c1-16-14(15)13(10-12-7-8-12)9-11-5-3-2-4-6-11/h2-6,12-13H,7-10H2,1H3. The number of benzene rings is 1. The number of hydrogen-bond acceptors (Lipinski definition) is 2. The van der Waals surface area contributed by atoms with E-state index in [9.17, 15) is 4.79 Å². The number of esters is 1. The summed E-state index contributed by atoms with van der Waals surface area (Å²) in [6, 6.07) is 10.2. The van der Waals surface area contributed by atoms with Crippen LogP contribution in [0.15, 0.2) is 30.3 Å². The van der Waals surface area contributed by atoms with E-state index >= 15 is 0 Å². The Morgan fingerprint density at radius 2 is 2.06 bits per heavy atom. The van der Waals surface area contributed by atoms with Crippen LogP contribution in [0, 0.1) is 11.8 Å². The van der Waals surface area contributed by atoms with Gasteiger partial charge in [-0.1, -0.05) is 43.2 Å². The molecule has 1 saturated carbocycles. The first-order valence-corrected chi connectivity index (χ1v) is 5.91. The van der Waals surface area contributed by atoms with E-state index in [1.165, 1.54) is 25.5 Å². The van der Waals surface area contributed by atoms with Crippen LogP contribution >= 0.6 is 0 Å². The maximum Gasteiger partial charge on any atom is 0.308 e. The quantitative estimate of drug-likeness (QED) is 0.710. The molecule has 1 aromatic rings. The van der Waals surface area contributed by atoms with E-state index in [1.54, 1.807) is 0 Å². The Balaban J connectivity index is 1.98. The molecule has 1 aliphatic rings. The number of carbonyl (C=O) groups excluding carboxylic acids is 1. The molecule has 0 heterocycles. The van der Waals surface area contributed by atoms with Gasteiger partial charge in [0.1, 0.15) is 0 Å². The summed E-state index contributed by atoms with van der Waals surface area (Å²) in [6.45, 7) is 0. The average Bonchev–Trinajstić information content (AvgIpc) is 3.12. The van der Waals surface area contributed by atoms with Crippen molar-refractivity contribution in [1.29, 1.82) is 0 Å². The van der Waals surface area contributed by atoms with E-state index in [1.807, 2.05) is 18.2 Å². The Hall–Kier alpha value is -1.31. The molecule has 0 N–H and O–H groups in total. The maximum atomic E-state index is 11.7. The summed E-state index contributed by atoms with van der Waals surface area (Å²) in [4.78, 5) is 11.7. The Morgan fingerprint density at radius 3 is 2.62 bits per heavy atom. The summed E-state index contributed by atoms with van der Waals surface area (Å²) >= 11 is 0. The van der Waals surface area contributed by atoms with E-state index in [0.29, 0.717) is 0 Å². The van der Waals surface area contributed by atoms with E-state index < -0.39 is 0 Å². The van der Waals surface area contributed by atoms with Crippen LogP contribution in [0.4, 0.5) is 0 Å². The zero-order valence-corrected chi connectivity index (χ0v) is 9.69. The van der Waals surface area contributed by atoms with Crippen molar-refractivity contribution in [3.8, 4) is 0 Å². The van der Waals surface area contributed by atoms with Gasteiger partial charge < -0.3 is 4.74 Å². The lowest BCUT2D eigenvalue weighted by Gasteiger charge is -2.14. The van der Waals surface area contributed by atoms with Crippen molar-refractivity contribution in [2.24, 2.45) is 11.8 Å². The van der Waals surface area contributed by atoms with E-state index in [-0.39, 0.29) is 11.9 Å². The largest absolute Gasteiger partial charge is 0.469 e. The van der Waals surface area contributed by atoms with Crippen molar-refractivity contribution in [3.63, 3.8) is 0 Å². The third-order valence-electron chi connectivity index (χ3n) is 3.17. The second kappa shape index (κ2) is 5.15. The second-order valence-electron chi connectivity index (χ2n) is 4.59. The monoisotopic (exact) mass is 218 g/mol. The maximum absolute atomic E-state index is 11.7. The molecule has 0 amide bonds. The van der Waals surface area contributed by atoms with Crippen molar-refractivity contribution >= 4 is 5.97 Å². The van der Waals surface area contributed by atoms with Crippen molar-refractivity contribution in [3.05, 3.63) is 35.9 Å². The Bertz CT molecular complexity index is 341. The van der Waals surface area contributed by atoms with E-state index in [4.69, 9.17) is 4.74 Å². The van der Waals surface area contributed by atoms with Crippen LogP contribution in [-0.2, 0) is 16.0 Å². The number of rotatable bonds is 5. The fraction of sp³-hybridized carbons (Fsp3) is 0.500. The molecule has 1 aliphatic carbocycles. The van der Waals surface area contributed by atoms with Crippen LogP contribution < -0.4 is 0 Å². The van der Waals surface area contributed by atoms with Crippen molar-refractivity contribution < 1.29 is 9.53 Å². The van der Waals surface area contributed by atoms with Crippen LogP contribution in [0.25, 0.3) is 0 Å². The highest BCUT2D eigenvalue weighted by Crippen LogP contribution is 2.36. The predicted molar refractivity (Wildman–Crippen MR) is 63.0 cm³/mol. The number of methoxy groups -OCH3 is 1. The number of ether oxygens (including phenoxy) is 1. The minimum atomic E-state index is -0.0595. The highest BCUT2D eigenvalue weighted by atomic mass is 16.5. The molecule has 16 heavy (non-hydrogen) atoms. The smallest absolute Gasteiger partial charge is 0.308 e. The summed E-state index contributed by atoms with van der Waals surface area (Å²) in [5, 5.41) is 0. The van der Waals surface area contributed by atoms with Gasteiger partial charge in [-0.25, -0.2) is 0 Å². The molecule has 0 radical (unpaired) electrons. The molecule has 0 spiro atoms. The first kappa shape index (κ1) is 11.2. The van der Waals surface area contributed by atoms with Crippen molar-refractivity contribution in [1.82, 2.24) is 0 Å². The van der Waals surface area contributed by atoms with Gasteiger partial charge in [0, 0.05) is 0 Å². The lowest BCUT2D eigenvalue weighted by molar-refractivity contribution is -0.145. The first-order valence-electron chi connectivity index (χ1n) is 5.91. The predicted octanol–water partition coefficient (Wildman–Crippen LogP) is 2.82. The van der Waals surface area contributed by atoms with E-state index in [0.717, 1.165) is 18.8 Å². The summed E-state index contributed by atoms with van der Waals surface area (Å²) < 4.78 is 4.87. The van der Waals surface area contributed by atoms with Crippen LogP contribution in [0.2, 0.25) is 0 Å². The van der Waals surface area contributed by atoms with Gasteiger partial charge in [-0.3, -0.25) is 4.79 Å². The topological polar surface area (TPSA) is 26.3 Å². The molecular weight excluding hydrogens is 200 g/mol. The molecule has 0 aromatic heterocycles. The van der Waals surface area contributed by atoms with Gasteiger partial charge in [-0.2, -0.15) is 0 Å².